The summed E-state index contributed by atoms with van der Waals surface area (Å²) < 4.78 is 41.2. The first-order valence-corrected chi connectivity index (χ1v) is 11.0. The van der Waals surface area contributed by atoms with Crippen molar-refractivity contribution in [3.8, 4) is 0 Å². The Hall–Kier alpha value is -3.21. The van der Waals surface area contributed by atoms with E-state index < -0.39 is 28.7 Å². The average Bonchev–Trinajstić information content (AvgIpc) is 3.14. The van der Waals surface area contributed by atoms with Crippen LogP contribution in [0.1, 0.15) is 43.5 Å². The van der Waals surface area contributed by atoms with Gasteiger partial charge in [0.2, 0.25) is 11.7 Å². The number of aliphatic hydroxyl groups is 1. The van der Waals surface area contributed by atoms with E-state index in [2.05, 4.69) is 9.97 Å². The summed E-state index contributed by atoms with van der Waals surface area (Å²) in [5, 5.41) is 11.0. The van der Waals surface area contributed by atoms with Gasteiger partial charge in [-0.1, -0.05) is 37.3 Å². The van der Waals surface area contributed by atoms with Crippen LogP contribution in [0, 0.1) is 0 Å². The minimum atomic E-state index is -4.72. The van der Waals surface area contributed by atoms with Crippen molar-refractivity contribution >= 4 is 17.1 Å². The topological polar surface area (TPSA) is 93.2 Å². The summed E-state index contributed by atoms with van der Waals surface area (Å²) in [6.45, 7) is 2.49. The maximum absolute atomic E-state index is 13.1. The van der Waals surface area contributed by atoms with Crippen LogP contribution in [0.3, 0.4) is 0 Å². The Morgan fingerprint density at radius 2 is 1.85 bits per heavy atom. The van der Waals surface area contributed by atoms with Crippen LogP contribution in [0.15, 0.2) is 41.5 Å². The number of alkyl halides is 3. The fourth-order valence-corrected chi connectivity index (χ4v) is 4.40. The minimum absolute atomic E-state index is 0.00757. The zero-order valence-electron chi connectivity index (χ0n) is 18.9. The normalized spacial score (nSPS) is 17.2. The highest BCUT2D eigenvalue weighted by Gasteiger charge is 2.38. The van der Waals surface area contributed by atoms with Crippen LogP contribution >= 0.6 is 0 Å². The molecule has 1 fully saturated rings. The van der Waals surface area contributed by atoms with Crippen LogP contribution in [-0.4, -0.2) is 53.7 Å². The van der Waals surface area contributed by atoms with Crippen molar-refractivity contribution in [1.29, 1.82) is 0 Å². The molecule has 1 atom stereocenters. The van der Waals surface area contributed by atoms with Crippen molar-refractivity contribution in [2.45, 2.75) is 50.4 Å². The molecule has 2 aromatic heterocycles. The molecule has 1 N–H and O–H groups in total. The molecule has 0 aliphatic carbocycles. The monoisotopic (exact) mass is 477 g/mol. The predicted molar refractivity (Wildman–Crippen MR) is 118 cm³/mol. The number of amides is 1. The first-order chi connectivity index (χ1) is 16.0. The number of hydrogen-bond acceptors (Lipinski definition) is 5. The maximum Gasteiger partial charge on any atom is 0.449 e. The Kier molecular flexibility index (Phi) is 6.24. The Morgan fingerprint density at radius 1 is 1.21 bits per heavy atom. The number of aryl methyl sites for hydroxylation is 1. The second-order valence-corrected chi connectivity index (χ2v) is 8.96. The molecule has 1 aliphatic heterocycles. The molecule has 0 radical (unpaired) electrons. The molecular weight excluding hydrogens is 451 g/mol. The second-order valence-electron chi connectivity index (χ2n) is 8.96. The van der Waals surface area contributed by atoms with Crippen molar-refractivity contribution in [2.24, 2.45) is 7.05 Å². The van der Waals surface area contributed by atoms with Gasteiger partial charge in [0, 0.05) is 26.6 Å². The first kappa shape index (κ1) is 23.9. The van der Waals surface area contributed by atoms with Crippen molar-refractivity contribution in [3.05, 3.63) is 58.4 Å². The molecule has 1 amide bonds. The number of benzene rings is 1. The highest BCUT2D eigenvalue weighted by atomic mass is 19.4. The third-order valence-electron chi connectivity index (χ3n) is 6.46. The standard InChI is InChI=1S/C23H26F3N5O3/c1-15(16-6-4-3-5-7-16)12-17(32)30-10-8-22(34,9-11-30)13-31-14-27-19-18(20(31)33)28-21(29(19)2)23(24,25)26/h3-7,14-15,34H,8-13H2,1-2H3/t15-/m1/s1. The van der Waals surface area contributed by atoms with Gasteiger partial charge in [-0.05, 0) is 24.3 Å². The number of halogens is 3. The van der Waals surface area contributed by atoms with E-state index in [1.165, 1.54) is 0 Å². The van der Waals surface area contributed by atoms with E-state index in [9.17, 15) is 27.9 Å². The molecular formula is C23H26F3N5O3. The second kappa shape index (κ2) is 8.86. The van der Waals surface area contributed by atoms with E-state index in [-0.39, 0.29) is 36.9 Å². The van der Waals surface area contributed by atoms with Crippen LogP contribution in [0.2, 0.25) is 0 Å². The lowest BCUT2D eigenvalue weighted by Gasteiger charge is -2.38. The number of aromatic nitrogens is 4. The van der Waals surface area contributed by atoms with Gasteiger partial charge in [0.05, 0.1) is 12.1 Å². The van der Waals surface area contributed by atoms with Crippen molar-refractivity contribution in [2.75, 3.05) is 13.1 Å². The van der Waals surface area contributed by atoms with Crippen molar-refractivity contribution in [3.63, 3.8) is 0 Å². The largest absolute Gasteiger partial charge is 0.449 e. The van der Waals surface area contributed by atoms with E-state index in [4.69, 9.17) is 0 Å². The number of fused-ring (bicyclic) bond motifs is 1. The summed E-state index contributed by atoms with van der Waals surface area (Å²) in [6, 6.07) is 9.75. The van der Waals surface area contributed by atoms with Crippen LogP contribution in [0.25, 0.3) is 11.2 Å². The molecule has 0 unspecified atom stereocenters. The van der Waals surface area contributed by atoms with Gasteiger partial charge in [-0.3, -0.25) is 14.2 Å². The zero-order valence-corrected chi connectivity index (χ0v) is 18.9. The zero-order chi connectivity index (χ0) is 24.7. The quantitative estimate of drug-likeness (QED) is 0.610. The number of rotatable bonds is 5. The lowest BCUT2D eigenvalue weighted by atomic mass is 9.90. The van der Waals surface area contributed by atoms with Gasteiger partial charge in [0.1, 0.15) is 6.33 Å². The Bertz CT molecular complexity index is 1240. The average molecular weight is 477 g/mol. The molecule has 0 spiro atoms. The third kappa shape index (κ3) is 4.70. The fraction of sp³-hybridized carbons (Fsp3) is 0.478. The van der Waals surface area contributed by atoms with E-state index in [0.29, 0.717) is 19.5 Å². The van der Waals surface area contributed by atoms with Crippen LogP contribution in [0.4, 0.5) is 13.2 Å². The molecule has 3 aromatic rings. The number of carbonyl (C=O) groups is 1. The molecule has 182 valence electrons. The number of imidazole rings is 1. The molecule has 4 rings (SSSR count). The van der Waals surface area contributed by atoms with Gasteiger partial charge < -0.3 is 14.6 Å². The summed E-state index contributed by atoms with van der Waals surface area (Å²) in [6.07, 6.45) is -2.77. The van der Waals surface area contributed by atoms with E-state index in [1.807, 2.05) is 37.3 Å². The Labute approximate surface area is 193 Å². The molecule has 3 heterocycles. The highest BCUT2D eigenvalue weighted by molar-refractivity contribution is 5.77. The van der Waals surface area contributed by atoms with Gasteiger partial charge in [-0.2, -0.15) is 13.2 Å². The smallest absolute Gasteiger partial charge is 0.388 e. The van der Waals surface area contributed by atoms with E-state index in [1.54, 1.807) is 4.90 Å². The molecule has 8 nitrogen and oxygen atoms in total. The molecule has 11 heteroatoms. The summed E-state index contributed by atoms with van der Waals surface area (Å²) in [4.78, 5) is 34.6. The molecule has 0 saturated carbocycles. The van der Waals surface area contributed by atoms with Crippen LogP contribution in [0.5, 0.6) is 0 Å². The Morgan fingerprint density at radius 3 is 2.47 bits per heavy atom. The maximum atomic E-state index is 13.1. The number of piperidine rings is 1. The van der Waals surface area contributed by atoms with E-state index >= 15 is 0 Å². The third-order valence-corrected chi connectivity index (χ3v) is 6.46. The highest BCUT2D eigenvalue weighted by Crippen LogP contribution is 2.30. The van der Waals surface area contributed by atoms with Gasteiger partial charge in [0.25, 0.3) is 5.56 Å². The summed E-state index contributed by atoms with van der Waals surface area (Å²) in [5.74, 6) is -1.15. The number of carbonyl (C=O) groups excluding carboxylic acids is 1. The van der Waals surface area contributed by atoms with Gasteiger partial charge in [-0.15, -0.1) is 0 Å². The Balaban J connectivity index is 1.43. The van der Waals surface area contributed by atoms with Gasteiger partial charge >= 0.3 is 6.18 Å². The van der Waals surface area contributed by atoms with Crippen molar-refractivity contribution in [1.82, 2.24) is 24.0 Å². The molecule has 1 saturated heterocycles. The molecule has 0 bridgehead atoms. The van der Waals surface area contributed by atoms with E-state index in [0.717, 1.165) is 28.1 Å². The summed E-state index contributed by atoms with van der Waals surface area (Å²) in [5.41, 5.74) is -1.53. The molecule has 1 aliphatic rings. The minimum Gasteiger partial charge on any atom is -0.388 e. The number of nitrogens with zero attached hydrogens (tertiary/aromatic N) is 5. The first-order valence-electron chi connectivity index (χ1n) is 11.0. The lowest BCUT2D eigenvalue weighted by Crippen LogP contribution is -2.49. The lowest BCUT2D eigenvalue weighted by molar-refractivity contribution is -0.146. The predicted octanol–water partition coefficient (Wildman–Crippen LogP) is 2.70. The van der Waals surface area contributed by atoms with Gasteiger partial charge in [-0.25, -0.2) is 9.97 Å². The number of hydrogen-bond donors (Lipinski definition) is 1. The molecule has 1 aromatic carbocycles. The van der Waals surface area contributed by atoms with Crippen LogP contribution < -0.4 is 5.56 Å². The van der Waals surface area contributed by atoms with Crippen LogP contribution in [-0.2, 0) is 24.6 Å². The molecule has 34 heavy (non-hydrogen) atoms. The van der Waals surface area contributed by atoms with Crippen molar-refractivity contribution < 1.29 is 23.1 Å². The summed E-state index contributed by atoms with van der Waals surface area (Å²) in [7, 11) is 1.15. The number of likely N-dealkylation sites (tertiary alicyclic amines) is 1. The van der Waals surface area contributed by atoms with Gasteiger partial charge in [0.15, 0.2) is 11.2 Å². The SMILES string of the molecule is C[C@H](CC(=O)N1CCC(O)(Cn2cnc3c(nc(C(F)(F)F)n3C)c2=O)CC1)c1ccccc1. The summed E-state index contributed by atoms with van der Waals surface area (Å²) >= 11 is 0. The fourth-order valence-electron chi connectivity index (χ4n) is 4.40.